The largest absolute Gasteiger partial charge is 0.508 e. The third kappa shape index (κ3) is 7.51. The second-order valence-electron chi connectivity index (χ2n) is 11.6. The zero-order valence-electron chi connectivity index (χ0n) is 25.1. The summed E-state index contributed by atoms with van der Waals surface area (Å²) in [6.07, 6.45) is -0.782. The molecule has 1 amide bonds. The van der Waals surface area contributed by atoms with E-state index >= 15 is 0 Å². The second kappa shape index (κ2) is 12.8. The number of rotatable bonds is 8. The van der Waals surface area contributed by atoms with Crippen LogP contribution in [0, 0.1) is 11.6 Å². The zero-order valence-corrected chi connectivity index (χ0v) is 25.1. The molecule has 0 atom stereocenters. The molecular weight excluding hydrogens is 586 g/mol. The van der Waals surface area contributed by atoms with Crippen molar-refractivity contribution in [1.29, 1.82) is 0 Å². The van der Waals surface area contributed by atoms with Crippen molar-refractivity contribution >= 4 is 34.9 Å². The summed E-state index contributed by atoms with van der Waals surface area (Å²) in [4.78, 5) is 47.8. The second-order valence-corrected chi connectivity index (χ2v) is 11.6. The predicted octanol–water partition coefficient (Wildman–Crippen LogP) is 6.09. The van der Waals surface area contributed by atoms with Crippen LogP contribution in [0.5, 0.6) is 0 Å². The first-order chi connectivity index (χ1) is 21.4. The molecule has 0 bridgehead atoms. The summed E-state index contributed by atoms with van der Waals surface area (Å²) in [7, 11) is 0. The monoisotopic (exact) mass is 618 g/mol. The average Bonchev–Trinajstić information content (AvgIpc) is 3.42. The van der Waals surface area contributed by atoms with Gasteiger partial charge in [0.2, 0.25) is 5.95 Å². The number of nitrogen functional groups attached to an aromatic ring is 1. The van der Waals surface area contributed by atoms with Gasteiger partial charge in [0, 0.05) is 30.5 Å². The van der Waals surface area contributed by atoms with Gasteiger partial charge in [0.15, 0.2) is 11.6 Å². The van der Waals surface area contributed by atoms with Crippen LogP contribution < -0.4 is 5.73 Å². The first-order valence-corrected chi connectivity index (χ1v) is 14.3. The summed E-state index contributed by atoms with van der Waals surface area (Å²) < 4.78 is 44.2. The lowest BCUT2D eigenvalue weighted by molar-refractivity contribution is -0.155. The van der Waals surface area contributed by atoms with Crippen LogP contribution in [0.2, 0.25) is 0 Å². The molecule has 0 fully saturated rings. The lowest BCUT2D eigenvalue weighted by Crippen LogP contribution is -2.27. The van der Waals surface area contributed by atoms with E-state index in [1.807, 2.05) is 24.3 Å². The van der Waals surface area contributed by atoms with Crippen LogP contribution in [0.1, 0.15) is 60.8 Å². The Morgan fingerprint density at radius 2 is 1.62 bits per heavy atom. The lowest BCUT2D eigenvalue weighted by Gasteiger charge is -2.19. The third-order valence-corrected chi connectivity index (χ3v) is 7.01. The van der Waals surface area contributed by atoms with Gasteiger partial charge < -0.3 is 24.8 Å². The number of esters is 1. The van der Waals surface area contributed by atoms with E-state index in [-0.39, 0.29) is 48.1 Å². The van der Waals surface area contributed by atoms with Crippen molar-refractivity contribution in [3.8, 4) is 11.1 Å². The molecule has 0 spiro atoms. The Labute approximate surface area is 258 Å². The molecule has 0 aliphatic carbocycles. The maximum atomic E-state index is 14.5. The number of halogens is 2. The molecule has 45 heavy (non-hydrogen) atoms. The van der Waals surface area contributed by atoms with Crippen molar-refractivity contribution in [1.82, 2.24) is 14.9 Å². The number of fused-ring (bicyclic) bond motifs is 2. The van der Waals surface area contributed by atoms with Gasteiger partial charge in [-0.05, 0) is 73.7 Å². The van der Waals surface area contributed by atoms with E-state index < -0.39 is 36.0 Å². The van der Waals surface area contributed by atoms with Gasteiger partial charge in [-0.2, -0.15) is 0 Å². The Balaban J connectivity index is 1.34. The number of hydrogen-bond donors (Lipinski definition) is 1. The minimum absolute atomic E-state index is 0.0460. The molecule has 3 aromatic carbocycles. The number of nitrogens with two attached hydrogens (primary N) is 1. The third-order valence-electron chi connectivity index (χ3n) is 7.01. The molecule has 2 N–H and O–H groups in total. The molecular formula is C33H32F2N4O6. The topological polar surface area (TPSA) is 134 Å². The number of carbonyl (C=O) groups excluding carboxylic acids is 3. The summed E-state index contributed by atoms with van der Waals surface area (Å²) in [5.74, 6) is -3.11. The van der Waals surface area contributed by atoms with Crippen molar-refractivity contribution < 1.29 is 37.4 Å². The Bertz CT molecular complexity index is 1760. The van der Waals surface area contributed by atoms with Crippen LogP contribution in [0.15, 0.2) is 54.6 Å². The number of anilines is 1. The summed E-state index contributed by atoms with van der Waals surface area (Å²) in [6.45, 7) is 5.52. The van der Waals surface area contributed by atoms with Crippen molar-refractivity contribution in [3.63, 3.8) is 0 Å². The van der Waals surface area contributed by atoms with Crippen LogP contribution in [0.25, 0.3) is 22.0 Å². The molecule has 2 heterocycles. The highest BCUT2D eigenvalue weighted by Gasteiger charge is 2.27. The molecule has 0 radical (unpaired) electrons. The molecule has 0 saturated heterocycles. The van der Waals surface area contributed by atoms with Gasteiger partial charge in [0.05, 0.1) is 12.1 Å². The quantitative estimate of drug-likeness (QED) is 0.184. The van der Waals surface area contributed by atoms with E-state index in [0.29, 0.717) is 29.6 Å². The van der Waals surface area contributed by atoms with E-state index in [1.165, 1.54) is 0 Å². The minimum Gasteiger partial charge on any atom is -0.460 e. The Hall–Kier alpha value is -5.13. The average molecular weight is 619 g/mol. The smallest absolute Gasteiger partial charge is 0.460 e. The molecule has 234 valence electrons. The maximum Gasteiger partial charge on any atom is 0.508 e. The number of ether oxygens (including phenoxy) is 3. The van der Waals surface area contributed by atoms with E-state index in [4.69, 9.17) is 19.9 Å². The fourth-order valence-corrected chi connectivity index (χ4v) is 5.02. The molecule has 0 saturated carbocycles. The normalized spacial score (nSPS) is 12.6. The van der Waals surface area contributed by atoms with Crippen molar-refractivity contribution in [2.24, 2.45) is 0 Å². The number of aromatic nitrogens is 2. The fraction of sp³-hybridized carbons (Fsp3) is 0.303. The van der Waals surface area contributed by atoms with Crippen LogP contribution in [0.3, 0.4) is 0 Å². The number of nitrogens with zero attached hydrogens (tertiary/aromatic N) is 3. The van der Waals surface area contributed by atoms with Gasteiger partial charge >= 0.3 is 12.1 Å². The van der Waals surface area contributed by atoms with Gasteiger partial charge in [-0.15, -0.1) is 0 Å². The van der Waals surface area contributed by atoms with Gasteiger partial charge in [-0.1, -0.05) is 30.3 Å². The summed E-state index contributed by atoms with van der Waals surface area (Å²) in [5, 5.41) is 0.364. The van der Waals surface area contributed by atoms with Crippen LogP contribution in [0.4, 0.5) is 19.5 Å². The predicted molar refractivity (Wildman–Crippen MR) is 161 cm³/mol. The fourth-order valence-electron chi connectivity index (χ4n) is 5.02. The molecule has 1 aromatic heterocycles. The Morgan fingerprint density at radius 3 is 2.31 bits per heavy atom. The molecule has 1 aliphatic heterocycles. The highest BCUT2D eigenvalue weighted by molar-refractivity contribution is 6.06. The van der Waals surface area contributed by atoms with Gasteiger partial charge in [0.1, 0.15) is 17.9 Å². The van der Waals surface area contributed by atoms with Crippen molar-refractivity contribution in [2.45, 2.75) is 58.9 Å². The van der Waals surface area contributed by atoms with Crippen LogP contribution in [-0.2, 0) is 38.7 Å². The molecule has 4 aromatic rings. The molecule has 10 nitrogen and oxygen atoms in total. The van der Waals surface area contributed by atoms with E-state index in [9.17, 15) is 23.2 Å². The molecule has 5 rings (SSSR count). The first kappa shape index (κ1) is 31.3. The van der Waals surface area contributed by atoms with Crippen molar-refractivity contribution in [3.05, 3.63) is 88.6 Å². The number of carbonyl (C=O) groups is 3. The summed E-state index contributed by atoms with van der Waals surface area (Å²) in [6, 6.07) is 14.5. The minimum atomic E-state index is -1.13. The number of hydrogen-bond acceptors (Lipinski definition) is 9. The van der Waals surface area contributed by atoms with Crippen molar-refractivity contribution in [2.75, 3.05) is 12.3 Å². The summed E-state index contributed by atoms with van der Waals surface area (Å²) in [5.41, 5.74) is 8.62. The van der Waals surface area contributed by atoms with Gasteiger partial charge in [0.25, 0.3) is 5.91 Å². The van der Waals surface area contributed by atoms with Crippen LogP contribution in [-0.4, -0.2) is 45.1 Å². The SMILES string of the molecule is CC(C)(C)OC(=O)CCCOC(=O)OCc1cc(F)c(F)cc1-c1ccc2nc(N)nc(C(=O)N3Cc4ccccc4C3)c2c1. The molecule has 1 aliphatic rings. The first-order valence-electron chi connectivity index (χ1n) is 14.3. The zero-order chi connectivity index (χ0) is 32.3. The lowest BCUT2D eigenvalue weighted by atomic mass is 9.97. The highest BCUT2D eigenvalue weighted by atomic mass is 19.2. The summed E-state index contributed by atoms with van der Waals surface area (Å²) >= 11 is 0. The molecule has 12 heteroatoms. The number of amides is 1. The standard InChI is InChI=1S/C33H32F2N4O6/c1-33(2,3)45-28(40)9-6-12-43-32(42)44-18-22-14-25(34)26(35)15-23(22)19-10-11-27-24(13-19)29(38-31(36)37-27)30(41)39-16-20-7-4-5-8-21(20)17-39/h4-5,7-8,10-11,13-15H,6,9,12,16-18H2,1-3H3,(H2,36,37,38). The van der Waals surface area contributed by atoms with E-state index in [1.54, 1.807) is 43.9 Å². The Kier molecular flexibility index (Phi) is 8.94. The molecule has 0 unspecified atom stereocenters. The Morgan fingerprint density at radius 1 is 0.933 bits per heavy atom. The highest BCUT2D eigenvalue weighted by Crippen LogP contribution is 2.32. The van der Waals surface area contributed by atoms with Crippen LogP contribution >= 0.6 is 0 Å². The maximum absolute atomic E-state index is 14.5. The van der Waals surface area contributed by atoms with E-state index in [0.717, 1.165) is 23.3 Å². The van der Waals surface area contributed by atoms with E-state index in [2.05, 4.69) is 9.97 Å². The van der Waals surface area contributed by atoms with Gasteiger partial charge in [-0.25, -0.2) is 23.5 Å². The van der Waals surface area contributed by atoms with Gasteiger partial charge in [-0.3, -0.25) is 9.59 Å². The number of benzene rings is 3.